The lowest BCUT2D eigenvalue weighted by Gasteiger charge is -2.24. The fourth-order valence-corrected chi connectivity index (χ4v) is 3.74. The summed E-state index contributed by atoms with van der Waals surface area (Å²) in [6, 6.07) is 8.14. The zero-order chi connectivity index (χ0) is 22.8. The summed E-state index contributed by atoms with van der Waals surface area (Å²) in [5, 5.41) is 14.7. The number of anilines is 1. The smallest absolute Gasteiger partial charge is 0.202 e. The van der Waals surface area contributed by atoms with Gasteiger partial charge in [-0.2, -0.15) is 9.07 Å². The minimum Gasteiger partial charge on any atom is -0.487 e. The highest BCUT2D eigenvalue weighted by Crippen LogP contribution is 2.32. The van der Waals surface area contributed by atoms with Gasteiger partial charge in [0.15, 0.2) is 17.4 Å². The first kappa shape index (κ1) is 20.9. The molecule has 9 nitrogen and oxygen atoms in total. The van der Waals surface area contributed by atoms with Crippen molar-refractivity contribution in [3.05, 3.63) is 60.6 Å². The van der Waals surface area contributed by atoms with Crippen LogP contribution in [0, 0.1) is 11.6 Å². The summed E-state index contributed by atoms with van der Waals surface area (Å²) in [6.07, 6.45) is 6.19. The Balaban J connectivity index is 1.51. The molecule has 4 aromatic rings. The van der Waals surface area contributed by atoms with Gasteiger partial charge in [-0.3, -0.25) is 4.98 Å². The van der Waals surface area contributed by atoms with Crippen LogP contribution in [0.15, 0.2) is 48.9 Å². The van der Waals surface area contributed by atoms with Crippen molar-refractivity contribution in [3.8, 4) is 34.0 Å². The molecule has 0 bridgehead atoms. The minimum atomic E-state index is -1.12. The molecule has 0 aliphatic carbocycles. The molecule has 1 saturated heterocycles. The monoisotopic (exact) mass is 450 g/mol. The number of halogens is 2. The zero-order valence-electron chi connectivity index (χ0n) is 17.4. The third-order valence-electron chi connectivity index (χ3n) is 5.48. The van der Waals surface area contributed by atoms with E-state index in [-0.39, 0.29) is 29.2 Å². The van der Waals surface area contributed by atoms with Gasteiger partial charge in [0.05, 0.1) is 5.56 Å². The summed E-state index contributed by atoms with van der Waals surface area (Å²) < 4.78 is 36.7. The molecular formula is C22H20F2N8O. The molecule has 1 aliphatic rings. The van der Waals surface area contributed by atoms with Crippen LogP contribution in [0.3, 0.4) is 0 Å². The van der Waals surface area contributed by atoms with Crippen LogP contribution in [0.5, 0.6) is 5.75 Å². The van der Waals surface area contributed by atoms with Crippen molar-refractivity contribution in [1.82, 2.24) is 35.5 Å². The molecule has 0 radical (unpaired) electrons. The van der Waals surface area contributed by atoms with Crippen molar-refractivity contribution in [2.24, 2.45) is 0 Å². The Hall–Kier alpha value is -3.99. The second-order valence-corrected chi connectivity index (χ2v) is 7.58. The number of aromatic nitrogens is 6. The molecular weight excluding hydrogens is 430 g/mol. The Kier molecular flexibility index (Phi) is 5.61. The van der Waals surface area contributed by atoms with Crippen molar-refractivity contribution in [1.29, 1.82) is 0 Å². The van der Waals surface area contributed by atoms with Crippen LogP contribution in [0.4, 0.5) is 14.6 Å². The predicted molar refractivity (Wildman–Crippen MR) is 116 cm³/mol. The van der Waals surface area contributed by atoms with Gasteiger partial charge in [0.1, 0.15) is 17.6 Å². The molecule has 3 aromatic heterocycles. The summed E-state index contributed by atoms with van der Waals surface area (Å²) in [4.78, 5) is 8.23. The van der Waals surface area contributed by atoms with E-state index in [0.29, 0.717) is 5.56 Å². The second kappa shape index (κ2) is 8.87. The van der Waals surface area contributed by atoms with E-state index in [9.17, 15) is 4.39 Å². The van der Waals surface area contributed by atoms with Crippen molar-refractivity contribution in [2.75, 3.05) is 18.8 Å². The summed E-state index contributed by atoms with van der Waals surface area (Å²) in [7, 11) is 0. The zero-order valence-corrected chi connectivity index (χ0v) is 17.4. The first-order chi connectivity index (χ1) is 16.1. The minimum absolute atomic E-state index is 0.126. The number of nitrogens with one attached hydrogen (secondary N) is 1. The Morgan fingerprint density at radius 3 is 2.61 bits per heavy atom. The number of pyridine rings is 2. The number of nitrogen functional groups attached to an aromatic ring is 1. The lowest BCUT2D eigenvalue weighted by molar-refractivity contribution is 0.154. The molecule has 0 amide bonds. The average Bonchev–Trinajstić information content (AvgIpc) is 3.33. The van der Waals surface area contributed by atoms with Crippen molar-refractivity contribution in [3.63, 3.8) is 0 Å². The second-order valence-electron chi connectivity index (χ2n) is 7.58. The van der Waals surface area contributed by atoms with E-state index < -0.39 is 11.6 Å². The van der Waals surface area contributed by atoms with Crippen LogP contribution in [0.1, 0.15) is 12.8 Å². The molecule has 33 heavy (non-hydrogen) atoms. The average molecular weight is 450 g/mol. The number of rotatable bonds is 5. The summed E-state index contributed by atoms with van der Waals surface area (Å²) >= 11 is 0. The van der Waals surface area contributed by atoms with Gasteiger partial charge in [-0.1, -0.05) is 0 Å². The topological polar surface area (TPSA) is 117 Å². The molecule has 0 saturated carbocycles. The van der Waals surface area contributed by atoms with Gasteiger partial charge in [0, 0.05) is 24.2 Å². The maximum Gasteiger partial charge on any atom is 0.202 e. The number of nitrogens with two attached hydrogens (primary N) is 1. The molecule has 0 spiro atoms. The van der Waals surface area contributed by atoms with Gasteiger partial charge in [-0.15, -0.1) is 5.10 Å². The van der Waals surface area contributed by atoms with Crippen LogP contribution in [0.2, 0.25) is 0 Å². The number of ether oxygens (including phenoxy) is 1. The predicted octanol–water partition coefficient (Wildman–Crippen LogP) is 2.78. The maximum atomic E-state index is 15.1. The molecule has 0 unspecified atom stereocenters. The molecule has 168 valence electrons. The molecule has 0 atom stereocenters. The first-order valence-corrected chi connectivity index (χ1v) is 10.4. The number of benzene rings is 1. The van der Waals surface area contributed by atoms with E-state index in [4.69, 9.17) is 10.5 Å². The number of piperidine rings is 1. The highest BCUT2D eigenvalue weighted by molar-refractivity contribution is 5.76. The molecule has 11 heteroatoms. The van der Waals surface area contributed by atoms with Gasteiger partial charge in [0.2, 0.25) is 5.82 Å². The van der Waals surface area contributed by atoms with Crippen LogP contribution in [0.25, 0.3) is 28.2 Å². The normalized spacial score (nSPS) is 14.4. The highest BCUT2D eigenvalue weighted by atomic mass is 19.2. The quantitative estimate of drug-likeness (QED) is 0.477. The number of nitrogens with zero attached hydrogens (tertiary/aromatic N) is 6. The lowest BCUT2D eigenvalue weighted by atomic mass is 10.1. The largest absolute Gasteiger partial charge is 0.487 e. The Labute approximate surface area is 187 Å². The maximum absolute atomic E-state index is 15.1. The van der Waals surface area contributed by atoms with Crippen LogP contribution in [-0.4, -0.2) is 49.4 Å². The van der Waals surface area contributed by atoms with E-state index in [0.717, 1.165) is 41.7 Å². The highest BCUT2D eigenvalue weighted by Gasteiger charge is 2.24. The van der Waals surface area contributed by atoms with Gasteiger partial charge >= 0.3 is 0 Å². The SMILES string of the molecule is Nc1ncc(-c2ccncc2)cc1-c1nnnn1-c1ccc(OC2CCNCC2)c(F)c1F. The standard InChI is InChI=1S/C22H20F2N8O/c23-19-17(1-2-18(20(19)24)33-15-5-9-27-10-6-15)32-22(29-30-31-32)16-11-14(12-28-21(16)25)13-3-7-26-8-4-13/h1-4,7-8,11-12,15,27H,5-6,9-10H2,(H2,25,28). The molecule has 1 aliphatic heterocycles. The first-order valence-electron chi connectivity index (χ1n) is 10.4. The number of tetrazole rings is 1. The Morgan fingerprint density at radius 2 is 1.82 bits per heavy atom. The van der Waals surface area contributed by atoms with Crippen LogP contribution >= 0.6 is 0 Å². The molecule has 5 rings (SSSR count). The van der Waals surface area contributed by atoms with E-state index >= 15 is 4.39 Å². The molecule has 1 fully saturated rings. The van der Waals surface area contributed by atoms with E-state index in [1.807, 2.05) is 12.1 Å². The number of hydrogen-bond donors (Lipinski definition) is 2. The molecule has 1 aromatic carbocycles. The third-order valence-corrected chi connectivity index (χ3v) is 5.48. The summed E-state index contributed by atoms with van der Waals surface area (Å²) in [6.45, 7) is 1.55. The van der Waals surface area contributed by atoms with Gasteiger partial charge < -0.3 is 15.8 Å². The molecule has 4 heterocycles. The van der Waals surface area contributed by atoms with Crippen molar-refractivity contribution >= 4 is 5.82 Å². The fraction of sp³-hybridized carbons (Fsp3) is 0.227. The lowest BCUT2D eigenvalue weighted by Crippen LogP contribution is -2.34. The van der Waals surface area contributed by atoms with E-state index in [1.165, 1.54) is 12.1 Å². The van der Waals surface area contributed by atoms with E-state index in [1.54, 1.807) is 24.7 Å². The van der Waals surface area contributed by atoms with Gasteiger partial charge in [0.25, 0.3) is 0 Å². The van der Waals surface area contributed by atoms with Crippen molar-refractivity contribution < 1.29 is 13.5 Å². The van der Waals surface area contributed by atoms with Crippen molar-refractivity contribution in [2.45, 2.75) is 18.9 Å². The Bertz CT molecular complexity index is 1270. The molecule has 3 N–H and O–H groups in total. The number of hydrogen-bond acceptors (Lipinski definition) is 8. The third kappa shape index (κ3) is 4.10. The van der Waals surface area contributed by atoms with Gasteiger partial charge in [-0.05, 0) is 72.3 Å². The Morgan fingerprint density at radius 1 is 1.03 bits per heavy atom. The summed E-state index contributed by atoms with van der Waals surface area (Å²) in [5.74, 6) is -2.08. The fourth-order valence-electron chi connectivity index (χ4n) is 3.74. The van der Waals surface area contributed by atoms with Gasteiger partial charge in [-0.25, -0.2) is 9.37 Å². The van der Waals surface area contributed by atoms with Crippen LogP contribution in [-0.2, 0) is 0 Å². The van der Waals surface area contributed by atoms with Crippen LogP contribution < -0.4 is 15.8 Å². The summed E-state index contributed by atoms with van der Waals surface area (Å²) in [5.41, 5.74) is 7.89. The van der Waals surface area contributed by atoms with E-state index in [2.05, 4.69) is 30.8 Å².